The molecule has 2 aromatic heterocycles. The van der Waals surface area contributed by atoms with Crippen LogP contribution >= 0.6 is 0 Å². The van der Waals surface area contributed by atoms with Crippen molar-refractivity contribution in [2.75, 3.05) is 0 Å². The maximum Gasteiger partial charge on any atom is 0.357 e. The molecule has 0 aliphatic heterocycles. The lowest BCUT2D eigenvalue weighted by Crippen LogP contribution is -1.99. The first-order valence-electron chi connectivity index (χ1n) is 3.70. The van der Waals surface area contributed by atoms with E-state index in [1.807, 2.05) is 0 Å². The fourth-order valence-electron chi connectivity index (χ4n) is 1.26. The molecular weight excluding hydrogens is 170 g/mol. The van der Waals surface area contributed by atoms with Gasteiger partial charge >= 0.3 is 5.97 Å². The average Bonchev–Trinajstić information content (AvgIpc) is 2.45. The van der Waals surface area contributed by atoms with Crippen LogP contribution in [0.4, 0.5) is 0 Å². The van der Waals surface area contributed by atoms with Crippen LogP contribution in [0.3, 0.4) is 0 Å². The monoisotopic (exact) mass is 177 g/mol. The third-order valence-corrected chi connectivity index (χ3v) is 1.86. The number of nitrogens with zero attached hydrogens (tertiary/aromatic N) is 3. The van der Waals surface area contributed by atoms with E-state index in [0.717, 1.165) is 5.52 Å². The second-order valence-electron chi connectivity index (χ2n) is 2.67. The largest absolute Gasteiger partial charge is 0.476 e. The van der Waals surface area contributed by atoms with Crippen molar-refractivity contribution < 1.29 is 9.90 Å². The highest BCUT2D eigenvalue weighted by molar-refractivity contribution is 6.00. The van der Waals surface area contributed by atoms with Gasteiger partial charge in [0.1, 0.15) is 0 Å². The second kappa shape index (κ2) is 2.55. The molecule has 2 aromatic rings. The number of hydrogen-bond acceptors (Lipinski definition) is 3. The molecule has 0 bridgehead atoms. The van der Waals surface area contributed by atoms with Crippen molar-refractivity contribution in [3.05, 3.63) is 24.2 Å². The van der Waals surface area contributed by atoms with E-state index in [0.29, 0.717) is 5.39 Å². The number of aryl methyl sites for hydroxylation is 1. The van der Waals surface area contributed by atoms with Crippen LogP contribution in [0, 0.1) is 0 Å². The molecule has 1 N–H and O–H groups in total. The van der Waals surface area contributed by atoms with E-state index < -0.39 is 5.97 Å². The van der Waals surface area contributed by atoms with Gasteiger partial charge in [0.2, 0.25) is 0 Å². The molecule has 0 fully saturated rings. The highest BCUT2D eigenvalue weighted by Crippen LogP contribution is 2.15. The number of carboxylic acid groups (broad SMARTS) is 1. The topological polar surface area (TPSA) is 68.0 Å². The van der Waals surface area contributed by atoms with E-state index in [1.54, 1.807) is 25.5 Å². The fraction of sp³-hybridized carbons (Fsp3) is 0.125. The standard InChI is InChI=1S/C8H7N3O2/c1-11-6-4-9-3-2-5(6)7(10-11)8(12)13/h2-4H,1H3,(H,12,13). The molecule has 0 aliphatic carbocycles. The number of pyridine rings is 1. The zero-order valence-electron chi connectivity index (χ0n) is 6.93. The molecule has 0 spiro atoms. The molecule has 5 nitrogen and oxygen atoms in total. The van der Waals surface area contributed by atoms with E-state index in [-0.39, 0.29) is 5.69 Å². The molecule has 0 aliphatic rings. The Morgan fingerprint density at radius 1 is 1.62 bits per heavy atom. The molecule has 13 heavy (non-hydrogen) atoms. The molecule has 0 saturated carbocycles. The van der Waals surface area contributed by atoms with Gasteiger partial charge in [0.05, 0.1) is 11.7 Å². The van der Waals surface area contributed by atoms with Crippen LogP contribution in [0.1, 0.15) is 10.5 Å². The van der Waals surface area contributed by atoms with Crippen molar-refractivity contribution in [1.82, 2.24) is 14.8 Å². The Morgan fingerprint density at radius 2 is 2.38 bits per heavy atom. The summed E-state index contributed by atoms with van der Waals surface area (Å²) in [7, 11) is 1.69. The third kappa shape index (κ3) is 1.05. The predicted octanol–water partition coefficient (Wildman–Crippen LogP) is 0.667. The Balaban J connectivity index is 2.85. The Labute approximate surface area is 73.6 Å². The highest BCUT2D eigenvalue weighted by atomic mass is 16.4. The predicted molar refractivity (Wildman–Crippen MR) is 45.5 cm³/mol. The summed E-state index contributed by atoms with van der Waals surface area (Å²) in [6.45, 7) is 0. The number of aromatic nitrogens is 3. The summed E-state index contributed by atoms with van der Waals surface area (Å²) < 4.78 is 1.51. The van der Waals surface area contributed by atoms with Crippen molar-refractivity contribution >= 4 is 16.9 Å². The van der Waals surface area contributed by atoms with Crippen LogP contribution < -0.4 is 0 Å². The molecule has 0 saturated heterocycles. The summed E-state index contributed by atoms with van der Waals surface area (Å²) >= 11 is 0. The number of carboxylic acids is 1. The average molecular weight is 177 g/mol. The molecular formula is C8H7N3O2. The smallest absolute Gasteiger partial charge is 0.357 e. The third-order valence-electron chi connectivity index (χ3n) is 1.86. The van der Waals surface area contributed by atoms with Gasteiger partial charge in [0, 0.05) is 18.6 Å². The van der Waals surface area contributed by atoms with E-state index in [4.69, 9.17) is 5.11 Å². The SMILES string of the molecule is Cn1nc(C(=O)O)c2ccncc21. The number of aromatic carboxylic acids is 1. The first-order valence-corrected chi connectivity index (χ1v) is 3.70. The van der Waals surface area contributed by atoms with Crippen LogP contribution in [0.5, 0.6) is 0 Å². The van der Waals surface area contributed by atoms with E-state index in [1.165, 1.54) is 4.68 Å². The summed E-state index contributed by atoms with van der Waals surface area (Å²) in [5.74, 6) is -1.02. The minimum absolute atomic E-state index is 0.0694. The van der Waals surface area contributed by atoms with Gasteiger partial charge in [0.15, 0.2) is 5.69 Å². The molecule has 0 aromatic carbocycles. The second-order valence-corrected chi connectivity index (χ2v) is 2.67. The molecule has 0 atom stereocenters. The highest BCUT2D eigenvalue weighted by Gasteiger charge is 2.13. The Bertz CT molecular complexity index is 475. The van der Waals surface area contributed by atoms with Crippen molar-refractivity contribution in [1.29, 1.82) is 0 Å². The summed E-state index contributed by atoms with van der Waals surface area (Å²) in [6.07, 6.45) is 3.14. The van der Waals surface area contributed by atoms with Crippen LogP contribution in [0.25, 0.3) is 10.9 Å². The van der Waals surface area contributed by atoms with Crippen LogP contribution in [-0.4, -0.2) is 25.8 Å². The molecule has 2 heterocycles. The molecule has 5 heteroatoms. The summed E-state index contributed by atoms with van der Waals surface area (Å²) in [5, 5.41) is 13.3. The van der Waals surface area contributed by atoms with Gasteiger partial charge in [-0.25, -0.2) is 4.79 Å². The van der Waals surface area contributed by atoms with Crippen molar-refractivity contribution in [2.24, 2.45) is 7.05 Å². The lowest BCUT2D eigenvalue weighted by molar-refractivity contribution is 0.0691. The van der Waals surface area contributed by atoms with Gasteiger partial charge in [-0.3, -0.25) is 9.67 Å². The van der Waals surface area contributed by atoms with Gasteiger partial charge in [0.25, 0.3) is 0 Å². The number of rotatable bonds is 1. The van der Waals surface area contributed by atoms with Gasteiger partial charge in [-0.05, 0) is 6.07 Å². The van der Waals surface area contributed by atoms with Gasteiger partial charge < -0.3 is 5.11 Å². The molecule has 66 valence electrons. The Hall–Kier alpha value is -1.91. The fourth-order valence-corrected chi connectivity index (χ4v) is 1.26. The quantitative estimate of drug-likeness (QED) is 0.695. The molecule has 2 rings (SSSR count). The lowest BCUT2D eigenvalue weighted by Gasteiger charge is -1.89. The Morgan fingerprint density at radius 3 is 3.08 bits per heavy atom. The normalized spacial score (nSPS) is 10.5. The van der Waals surface area contributed by atoms with Crippen LogP contribution in [0.2, 0.25) is 0 Å². The minimum atomic E-state index is -1.02. The summed E-state index contributed by atoms with van der Waals surface area (Å²) in [5.41, 5.74) is 0.791. The zero-order chi connectivity index (χ0) is 9.42. The van der Waals surface area contributed by atoms with Crippen LogP contribution in [-0.2, 0) is 7.05 Å². The van der Waals surface area contributed by atoms with E-state index >= 15 is 0 Å². The maximum atomic E-state index is 10.7. The maximum absolute atomic E-state index is 10.7. The lowest BCUT2D eigenvalue weighted by atomic mass is 10.2. The number of hydrogen-bond donors (Lipinski definition) is 1. The first kappa shape index (κ1) is 7.72. The van der Waals surface area contributed by atoms with E-state index in [9.17, 15) is 4.79 Å². The van der Waals surface area contributed by atoms with Gasteiger partial charge in [-0.1, -0.05) is 0 Å². The van der Waals surface area contributed by atoms with E-state index in [2.05, 4.69) is 10.1 Å². The van der Waals surface area contributed by atoms with Crippen LogP contribution in [0.15, 0.2) is 18.5 Å². The zero-order valence-corrected chi connectivity index (χ0v) is 6.93. The number of fused-ring (bicyclic) bond motifs is 1. The molecule has 0 unspecified atom stereocenters. The summed E-state index contributed by atoms with van der Waals surface area (Å²) in [4.78, 5) is 14.6. The first-order chi connectivity index (χ1) is 6.20. The number of carbonyl (C=O) groups is 1. The Kier molecular flexibility index (Phi) is 1.51. The molecule has 0 amide bonds. The minimum Gasteiger partial charge on any atom is -0.476 e. The van der Waals surface area contributed by atoms with Crippen molar-refractivity contribution in [3.8, 4) is 0 Å². The van der Waals surface area contributed by atoms with Gasteiger partial charge in [-0.15, -0.1) is 0 Å². The summed E-state index contributed by atoms with van der Waals surface area (Å²) in [6, 6.07) is 1.64. The van der Waals surface area contributed by atoms with Crippen molar-refractivity contribution in [3.63, 3.8) is 0 Å². The molecule has 0 radical (unpaired) electrons. The van der Waals surface area contributed by atoms with Crippen molar-refractivity contribution in [2.45, 2.75) is 0 Å². The van der Waals surface area contributed by atoms with Gasteiger partial charge in [-0.2, -0.15) is 5.10 Å².